The van der Waals surface area contributed by atoms with Gasteiger partial charge in [-0.05, 0) is 54.9 Å². The Bertz CT molecular complexity index is 1030. The number of aliphatic carboxylic acids is 1. The van der Waals surface area contributed by atoms with Crippen LogP contribution in [-0.2, 0) is 14.3 Å². The highest BCUT2D eigenvalue weighted by atomic mass is 16.5. The third kappa shape index (κ3) is 5.41. The molecule has 0 saturated heterocycles. The monoisotopic (exact) mass is 464 g/mol. The van der Waals surface area contributed by atoms with E-state index in [-0.39, 0.29) is 43.2 Å². The molecule has 3 N–H and O–H groups in total. The van der Waals surface area contributed by atoms with Crippen LogP contribution in [0.3, 0.4) is 0 Å². The van der Waals surface area contributed by atoms with Crippen molar-refractivity contribution in [3.8, 4) is 11.1 Å². The molecule has 7 nitrogen and oxygen atoms in total. The molecule has 2 aromatic rings. The number of amides is 2. The number of carbonyl (C=O) groups is 3. The largest absolute Gasteiger partial charge is 0.481 e. The number of hydrogen-bond donors (Lipinski definition) is 3. The van der Waals surface area contributed by atoms with Crippen molar-refractivity contribution < 1.29 is 24.2 Å². The molecule has 0 spiro atoms. The van der Waals surface area contributed by atoms with E-state index in [2.05, 4.69) is 34.9 Å². The van der Waals surface area contributed by atoms with E-state index in [1.807, 2.05) is 24.3 Å². The van der Waals surface area contributed by atoms with Crippen molar-refractivity contribution in [2.75, 3.05) is 6.61 Å². The van der Waals surface area contributed by atoms with E-state index in [0.29, 0.717) is 0 Å². The molecule has 1 saturated carbocycles. The van der Waals surface area contributed by atoms with E-state index in [0.717, 1.165) is 30.4 Å². The molecular formula is C27H32N2O5. The fraction of sp³-hybridized carbons (Fsp3) is 0.444. The molecular weight excluding hydrogens is 432 g/mol. The van der Waals surface area contributed by atoms with E-state index in [4.69, 9.17) is 9.84 Å². The van der Waals surface area contributed by atoms with Gasteiger partial charge in [0.1, 0.15) is 6.61 Å². The number of carbonyl (C=O) groups excluding carboxylic acids is 2. The highest BCUT2D eigenvalue weighted by molar-refractivity contribution is 5.80. The SMILES string of the molecule is CC(C)(CC(=O)O)NC(=O)CC1CCCC1NC(=O)OCC1c2ccccc2-c2ccccc21. The Balaban J connectivity index is 1.32. The Hall–Kier alpha value is -3.35. The summed E-state index contributed by atoms with van der Waals surface area (Å²) in [5.41, 5.74) is 3.86. The highest BCUT2D eigenvalue weighted by Crippen LogP contribution is 2.44. The number of nitrogens with one attached hydrogen (secondary N) is 2. The number of carboxylic acids is 1. The van der Waals surface area contributed by atoms with Crippen molar-refractivity contribution in [2.24, 2.45) is 5.92 Å². The van der Waals surface area contributed by atoms with Crippen LogP contribution in [0.5, 0.6) is 0 Å². The Kier molecular flexibility index (Phi) is 6.91. The number of rotatable bonds is 8. The zero-order valence-corrected chi connectivity index (χ0v) is 19.7. The Labute approximate surface area is 199 Å². The average molecular weight is 465 g/mol. The maximum absolute atomic E-state index is 12.7. The van der Waals surface area contributed by atoms with Gasteiger partial charge in [-0.2, -0.15) is 0 Å². The quantitative estimate of drug-likeness (QED) is 0.535. The molecule has 1 fully saturated rings. The number of benzene rings is 2. The summed E-state index contributed by atoms with van der Waals surface area (Å²) in [7, 11) is 0. The van der Waals surface area contributed by atoms with Gasteiger partial charge in [0.25, 0.3) is 0 Å². The van der Waals surface area contributed by atoms with Crippen molar-refractivity contribution >= 4 is 18.0 Å². The van der Waals surface area contributed by atoms with Crippen LogP contribution >= 0.6 is 0 Å². The summed E-state index contributed by atoms with van der Waals surface area (Å²) in [5, 5.41) is 14.8. The molecule has 2 amide bonds. The second kappa shape index (κ2) is 9.87. The van der Waals surface area contributed by atoms with Crippen LogP contribution in [0.15, 0.2) is 48.5 Å². The molecule has 0 radical (unpaired) electrons. The first kappa shape index (κ1) is 23.8. The van der Waals surface area contributed by atoms with Gasteiger partial charge < -0.3 is 20.5 Å². The first-order valence-electron chi connectivity index (χ1n) is 11.9. The van der Waals surface area contributed by atoms with Gasteiger partial charge in [0.2, 0.25) is 5.91 Å². The van der Waals surface area contributed by atoms with Crippen LogP contribution in [0, 0.1) is 5.92 Å². The van der Waals surface area contributed by atoms with Gasteiger partial charge in [0.05, 0.1) is 6.42 Å². The summed E-state index contributed by atoms with van der Waals surface area (Å²) in [5.74, 6) is -1.15. The lowest BCUT2D eigenvalue weighted by Gasteiger charge is -2.26. The summed E-state index contributed by atoms with van der Waals surface area (Å²) < 4.78 is 5.66. The molecule has 0 bridgehead atoms. The van der Waals surface area contributed by atoms with Crippen LogP contribution in [0.25, 0.3) is 11.1 Å². The highest BCUT2D eigenvalue weighted by Gasteiger charge is 2.33. The molecule has 2 aliphatic carbocycles. The molecule has 180 valence electrons. The van der Waals surface area contributed by atoms with Gasteiger partial charge in [-0.25, -0.2) is 4.79 Å². The molecule has 2 unspecified atom stereocenters. The third-order valence-electron chi connectivity index (χ3n) is 6.82. The fourth-order valence-corrected chi connectivity index (χ4v) is 5.35. The summed E-state index contributed by atoms with van der Waals surface area (Å²) in [4.78, 5) is 36.2. The fourth-order valence-electron chi connectivity index (χ4n) is 5.35. The maximum atomic E-state index is 12.7. The second-order valence-corrected chi connectivity index (χ2v) is 9.97. The van der Waals surface area contributed by atoms with Crippen LogP contribution in [0.2, 0.25) is 0 Å². The zero-order chi connectivity index (χ0) is 24.3. The van der Waals surface area contributed by atoms with Crippen molar-refractivity contribution in [1.29, 1.82) is 0 Å². The normalized spacial score (nSPS) is 19.2. The first-order chi connectivity index (χ1) is 16.2. The Morgan fingerprint density at radius 1 is 1.00 bits per heavy atom. The van der Waals surface area contributed by atoms with Crippen LogP contribution < -0.4 is 10.6 Å². The number of hydrogen-bond acceptors (Lipinski definition) is 4. The molecule has 0 heterocycles. The van der Waals surface area contributed by atoms with Crippen LogP contribution in [0.1, 0.15) is 63.0 Å². The topological polar surface area (TPSA) is 105 Å². The lowest BCUT2D eigenvalue weighted by molar-refractivity contribution is -0.138. The molecule has 0 aliphatic heterocycles. The molecule has 34 heavy (non-hydrogen) atoms. The van der Waals surface area contributed by atoms with Gasteiger partial charge in [-0.3, -0.25) is 9.59 Å². The summed E-state index contributed by atoms with van der Waals surface area (Å²) in [6, 6.07) is 16.3. The van der Waals surface area contributed by atoms with Crippen molar-refractivity contribution in [3.63, 3.8) is 0 Å². The summed E-state index contributed by atoms with van der Waals surface area (Å²) >= 11 is 0. The lowest BCUT2D eigenvalue weighted by Crippen LogP contribution is -2.46. The van der Waals surface area contributed by atoms with Gasteiger partial charge in [0.15, 0.2) is 0 Å². The van der Waals surface area contributed by atoms with E-state index in [1.165, 1.54) is 11.1 Å². The zero-order valence-electron chi connectivity index (χ0n) is 19.7. The minimum Gasteiger partial charge on any atom is -0.481 e. The Morgan fingerprint density at radius 3 is 2.24 bits per heavy atom. The molecule has 2 aliphatic rings. The van der Waals surface area contributed by atoms with Gasteiger partial charge in [0, 0.05) is 23.9 Å². The van der Waals surface area contributed by atoms with Crippen molar-refractivity contribution in [1.82, 2.24) is 10.6 Å². The minimum atomic E-state index is -0.957. The average Bonchev–Trinajstić information content (AvgIpc) is 3.32. The van der Waals surface area contributed by atoms with Crippen LogP contribution in [0.4, 0.5) is 4.79 Å². The number of carboxylic acid groups (broad SMARTS) is 1. The van der Waals surface area contributed by atoms with Gasteiger partial charge >= 0.3 is 12.1 Å². The molecule has 7 heteroatoms. The van der Waals surface area contributed by atoms with Gasteiger partial charge in [-0.15, -0.1) is 0 Å². The van der Waals surface area contributed by atoms with Gasteiger partial charge in [-0.1, -0.05) is 55.0 Å². The predicted octanol–water partition coefficient (Wildman–Crippen LogP) is 4.45. The van der Waals surface area contributed by atoms with Crippen molar-refractivity contribution in [2.45, 2.75) is 63.5 Å². The lowest BCUT2D eigenvalue weighted by atomic mass is 9.96. The molecule has 0 aromatic heterocycles. The molecule has 2 atom stereocenters. The molecule has 2 aromatic carbocycles. The summed E-state index contributed by atoms with van der Waals surface area (Å²) in [6.45, 7) is 3.64. The van der Waals surface area contributed by atoms with E-state index in [1.54, 1.807) is 13.8 Å². The standard InChI is InChI=1S/C27H32N2O5/c1-27(2,15-25(31)32)29-24(30)14-17-8-7-13-23(17)28-26(33)34-16-22-20-11-5-3-9-18(20)19-10-4-6-12-21(19)22/h3-6,9-12,17,22-23H,7-8,13-16H2,1-2H3,(H,28,33)(H,29,30)(H,31,32). The minimum absolute atomic E-state index is 0.000213. The number of alkyl carbamates (subject to hydrolysis) is 1. The predicted molar refractivity (Wildman–Crippen MR) is 128 cm³/mol. The van der Waals surface area contributed by atoms with Crippen molar-refractivity contribution in [3.05, 3.63) is 59.7 Å². The maximum Gasteiger partial charge on any atom is 0.407 e. The first-order valence-corrected chi connectivity index (χ1v) is 11.9. The molecule has 4 rings (SSSR count). The third-order valence-corrected chi connectivity index (χ3v) is 6.82. The Morgan fingerprint density at radius 2 is 1.62 bits per heavy atom. The number of fused-ring (bicyclic) bond motifs is 3. The summed E-state index contributed by atoms with van der Waals surface area (Å²) in [6.07, 6.45) is 2.18. The second-order valence-electron chi connectivity index (χ2n) is 9.97. The van der Waals surface area contributed by atoms with E-state index >= 15 is 0 Å². The van der Waals surface area contributed by atoms with E-state index in [9.17, 15) is 14.4 Å². The smallest absolute Gasteiger partial charge is 0.407 e. The van der Waals surface area contributed by atoms with Crippen LogP contribution in [-0.4, -0.2) is 41.3 Å². The van der Waals surface area contributed by atoms with E-state index < -0.39 is 17.6 Å². The number of ether oxygens (including phenoxy) is 1.